The number of hydrogen-bond donors (Lipinski definition) is 1. The molecule has 0 spiro atoms. The third-order valence-electron chi connectivity index (χ3n) is 2.41. The zero-order valence-corrected chi connectivity index (χ0v) is 11.2. The molecule has 1 N–H and O–H groups in total. The average Bonchev–Trinajstić information content (AvgIpc) is 2.36. The molecule has 1 heterocycles. The third kappa shape index (κ3) is 3.34. The fraction of sp³-hybridized carbons (Fsp3) is 0.250. The summed E-state index contributed by atoms with van der Waals surface area (Å²) in [6.45, 7) is 0. The number of nitrogens with one attached hydrogen (secondary N) is 1. The second-order valence-electron chi connectivity index (χ2n) is 3.88. The summed E-state index contributed by atoms with van der Waals surface area (Å²) in [7, 11) is -3.34. The summed E-state index contributed by atoms with van der Waals surface area (Å²) >= 11 is 5.48. The van der Waals surface area contributed by atoms with Crippen LogP contribution in [0.4, 0.5) is 5.69 Å². The molecule has 0 aliphatic heterocycles. The normalized spacial score (nSPS) is 11.6. The number of aromatic nitrogens is 1. The zero-order valence-electron chi connectivity index (χ0n) is 9.64. The molecule has 2 rings (SSSR count). The molecule has 0 unspecified atom stereocenters. The largest absolute Gasteiger partial charge is 0.282 e. The van der Waals surface area contributed by atoms with Gasteiger partial charge in [0.15, 0.2) is 0 Å². The van der Waals surface area contributed by atoms with Crippen LogP contribution in [0.3, 0.4) is 0 Å². The van der Waals surface area contributed by atoms with Crippen LogP contribution in [0.15, 0.2) is 36.5 Å². The number of hydrogen-bond acceptors (Lipinski definition) is 3. The van der Waals surface area contributed by atoms with Crippen molar-refractivity contribution in [2.75, 3.05) is 16.4 Å². The van der Waals surface area contributed by atoms with Gasteiger partial charge in [0.2, 0.25) is 10.0 Å². The summed E-state index contributed by atoms with van der Waals surface area (Å²) in [6, 6.07) is 9.30. The molecule has 2 aromatic rings. The predicted molar refractivity (Wildman–Crippen MR) is 74.5 cm³/mol. The molecule has 0 fully saturated rings. The Morgan fingerprint density at radius 1 is 1.28 bits per heavy atom. The Kier molecular flexibility index (Phi) is 4.04. The molecule has 0 saturated carbocycles. The first-order valence-corrected chi connectivity index (χ1v) is 7.71. The summed E-state index contributed by atoms with van der Waals surface area (Å²) in [5, 5.41) is 0.898. The summed E-state index contributed by atoms with van der Waals surface area (Å²) in [5.74, 6) is 0.347. The van der Waals surface area contributed by atoms with E-state index in [1.165, 1.54) is 6.20 Å². The maximum atomic E-state index is 11.7. The van der Waals surface area contributed by atoms with E-state index in [1.54, 1.807) is 6.07 Å². The molecule has 0 amide bonds. The fourth-order valence-corrected chi connectivity index (χ4v) is 2.99. The number of pyridine rings is 1. The first-order valence-electron chi connectivity index (χ1n) is 5.52. The molecule has 1 aromatic carbocycles. The molecule has 0 bridgehead atoms. The van der Waals surface area contributed by atoms with Crippen molar-refractivity contribution in [1.82, 2.24) is 4.98 Å². The summed E-state index contributed by atoms with van der Waals surface area (Å²) < 4.78 is 25.9. The zero-order chi connectivity index (χ0) is 13.0. The molecule has 0 atom stereocenters. The van der Waals surface area contributed by atoms with Crippen molar-refractivity contribution < 1.29 is 8.42 Å². The van der Waals surface area contributed by atoms with Crippen molar-refractivity contribution >= 4 is 38.2 Å². The van der Waals surface area contributed by atoms with Crippen molar-refractivity contribution in [3.05, 3.63) is 36.5 Å². The van der Waals surface area contributed by atoms with Gasteiger partial charge in [-0.15, -0.1) is 11.6 Å². The highest BCUT2D eigenvalue weighted by Gasteiger charge is 2.10. The predicted octanol–water partition coefficient (Wildman–Crippen LogP) is 2.61. The molecule has 0 radical (unpaired) electrons. The van der Waals surface area contributed by atoms with Gasteiger partial charge in [0.1, 0.15) is 0 Å². The van der Waals surface area contributed by atoms with Gasteiger partial charge in [0.05, 0.1) is 23.2 Å². The molecular weight excluding hydrogens is 272 g/mol. The van der Waals surface area contributed by atoms with E-state index in [2.05, 4.69) is 9.71 Å². The highest BCUT2D eigenvalue weighted by molar-refractivity contribution is 7.92. The highest BCUT2D eigenvalue weighted by atomic mass is 35.5. The van der Waals surface area contributed by atoms with E-state index in [1.807, 2.05) is 24.3 Å². The Morgan fingerprint density at radius 3 is 2.83 bits per heavy atom. The quantitative estimate of drug-likeness (QED) is 0.859. The number of anilines is 1. The van der Waals surface area contributed by atoms with Crippen LogP contribution in [0, 0.1) is 0 Å². The summed E-state index contributed by atoms with van der Waals surface area (Å²) in [6.07, 6.45) is 1.94. The number of fused-ring (bicyclic) bond motifs is 1. The standard InChI is InChI=1S/C12H13ClN2O2S/c13-6-3-7-18(16,17)15-11-8-10-4-1-2-5-12(10)14-9-11/h1-2,4-5,8-9,15H,3,6-7H2. The Labute approximate surface area is 111 Å². The van der Waals surface area contributed by atoms with Gasteiger partial charge in [-0.2, -0.15) is 0 Å². The highest BCUT2D eigenvalue weighted by Crippen LogP contribution is 2.17. The van der Waals surface area contributed by atoms with Crippen LogP contribution in [0.1, 0.15) is 6.42 Å². The van der Waals surface area contributed by atoms with Crippen LogP contribution in [0.25, 0.3) is 10.9 Å². The van der Waals surface area contributed by atoms with E-state index in [4.69, 9.17) is 11.6 Å². The van der Waals surface area contributed by atoms with Crippen LogP contribution >= 0.6 is 11.6 Å². The molecular formula is C12H13ClN2O2S. The number of para-hydroxylation sites is 1. The molecule has 1 aromatic heterocycles. The van der Waals surface area contributed by atoms with Crippen molar-refractivity contribution in [2.24, 2.45) is 0 Å². The smallest absolute Gasteiger partial charge is 0.232 e. The minimum Gasteiger partial charge on any atom is -0.282 e. The molecule has 96 valence electrons. The average molecular weight is 285 g/mol. The van der Waals surface area contributed by atoms with Crippen LogP contribution in [-0.2, 0) is 10.0 Å². The van der Waals surface area contributed by atoms with E-state index in [0.29, 0.717) is 18.0 Å². The number of rotatable bonds is 5. The van der Waals surface area contributed by atoms with Crippen molar-refractivity contribution in [1.29, 1.82) is 0 Å². The van der Waals surface area contributed by atoms with Crippen molar-refractivity contribution in [2.45, 2.75) is 6.42 Å². The van der Waals surface area contributed by atoms with Gasteiger partial charge in [0.25, 0.3) is 0 Å². The lowest BCUT2D eigenvalue weighted by Gasteiger charge is -2.07. The molecule has 6 heteroatoms. The number of benzene rings is 1. The van der Waals surface area contributed by atoms with Crippen LogP contribution in [0.5, 0.6) is 0 Å². The van der Waals surface area contributed by atoms with E-state index in [-0.39, 0.29) is 5.75 Å². The first-order chi connectivity index (χ1) is 8.61. The lowest BCUT2D eigenvalue weighted by Crippen LogP contribution is -2.17. The second-order valence-corrected chi connectivity index (χ2v) is 6.10. The Balaban J connectivity index is 2.22. The first kappa shape index (κ1) is 13.1. The van der Waals surface area contributed by atoms with Gasteiger partial charge in [0, 0.05) is 11.3 Å². The van der Waals surface area contributed by atoms with Crippen LogP contribution in [-0.4, -0.2) is 25.0 Å². The van der Waals surface area contributed by atoms with Gasteiger partial charge < -0.3 is 0 Å². The number of halogens is 1. The van der Waals surface area contributed by atoms with Crippen molar-refractivity contribution in [3.63, 3.8) is 0 Å². The van der Waals surface area contributed by atoms with E-state index < -0.39 is 10.0 Å². The topological polar surface area (TPSA) is 59.1 Å². The van der Waals surface area contributed by atoms with E-state index >= 15 is 0 Å². The third-order valence-corrected chi connectivity index (χ3v) is 4.05. The molecule has 0 aliphatic carbocycles. The maximum Gasteiger partial charge on any atom is 0.232 e. The number of nitrogens with zero attached hydrogens (tertiary/aromatic N) is 1. The van der Waals surface area contributed by atoms with Gasteiger partial charge in [-0.3, -0.25) is 9.71 Å². The van der Waals surface area contributed by atoms with Crippen LogP contribution < -0.4 is 4.72 Å². The Bertz CT molecular complexity index is 643. The lowest BCUT2D eigenvalue weighted by molar-refractivity contribution is 0.600. The lowest BCUT2D eigenvalue weighted by atomic mass is 10.2. The minimum atomic E-state index is -3.34. The Morgan fingerprint density at radius 2 is 2.06 bits per heavy atom. The summed E-state index contributed by atoms with van der Waals surface area (Å²) in [5.41, 5.74) is 1.31. The van der Waals surface area contributed by atoms with Gasteiger partial charge in [-0.1, -0.05) is 18.2 Å². The van der Waals surface area contributed by atoms with Gasteiger partial charge in [-0.25, -0.2) is 8.42 Å². The summed E-state index contributed by atoms with van der Waals surface area (Å²) in [4.78, 5) is 4.19. The van der Waals surface area contributed by atoms with E-state index in [0.717, 1.165) is 10.9 Å². The van der Waals surface area contributed by atoms with Gasteiger partial charge in [-0.05, 0) is 18.6 Å². The molecule has 4 nitrogen and oxygen atoms in total. The minimum absolute atomic E-state index is 0.0172. The molecule has 18 heavy (non-hydrogen) atoms. The van der Waals surface area contributed by atoms with Gasteiger partial charge >= 0.3 is 0 Å². The molecule has 0 saturated heterocycles. The Hall–Kier alpha value is -1.33. The fourth-order valence-electron chi connectivity index (χ4n) is 1.60. The monoisotopic (exact) mass is 284 g/mol. The number of alkyl halides is 1. The molecule has 0 aliphatic rings. The van der Waals surface area contributed by atoms with E-state index in [9.17, 15) is 8.42 Å². The SMILES string of the molecule is O=S(=O)(CCCCl)Nc1cnc2ccccc2c1. The van der Waals surface area contributed by atoms with Crippen LogP contribution in [0.2, 0.25) is 0 Å². The number of sulfonamides is 1. The van der Waals surface area contributed by atoms with Crippen molar-refractivity contribution in [3.8, 4) is 0 Å². The maximum absolute atomic E-state index is 11.7. The second kappa shape index (κ2) is 5.54.